The lowest BCUT2D eigenvalue weighted by atomic mass is 9.97. The number of hydrogen-bond donors (Lipinski definition) is 2. The molecule has 0 radical (unpaired) electrons. The van der Waals surface area contributed by atoms with E-state index in [0.29, 0.717) is 19.1 Å². The number of hydrogen-bond acceptors (Lipinski definition) is 5. The Morgan fingerprint density at radius 3 is 3.22 bits per heavy atom. The van der Waals surface area contributed by atoms with Gasteiger partial charge in [-0.2, -0.15) is 5.10 Å². The minimum atomic E-state index is 0.0428. The van der Waals surface area contributed by atoms with E-state index in [4.69, 9.17) is 15.3 Å². The number of hydrazine groups is 1. The standard InChI is InChI=1S/C11H19BrN4O2/c1-17-5-3-16-11(9(12)6-14-16)10(15-13)8-2-4-18-7-8/h6,8,10,15H,2-5,7,13H2,1H3. The lowest BCUT2D eigenvalue weighted by Gasteiger charge is -2.23. The molecular formula is C11H19BrN4O2. The van der Waals surface area contributed by atoms with E-state index in [0.717, 1.165) is 29.8 Å². The molecule has 1 aliphatic rings. The first-order chi connectivity index (χ1) is 8.77. The number of nitrogens with one attached hydrogen (secondary N) is 1. The second-order valence-corrected chi connectivity index (χ2v) is 5.22. The lowest BCUT2D eigenvalue weighted by molar-refractivity contribution is 0.170. The summed E-state index contributed by atoms with van der Waals surface area (Å²) < 4.78 is 13.4. The minimum Gasteiger partial charge on any atom is -0.383 e. The molecule has 1 saturated heterocycles. The van der Waals surface area contributed by atoms with Crippen molar-refractivity contribution in [2.24, 2.45) is 11.8 Å². The van der Waals surface area contributed by atoms with Crippen molar-refractivity contribution in [3.63, 3.8) is 0 Å². The number of nitrogens with two attached hydrogens (primary N) is 1. The molecule has 1 aliphatic heterocycles. The van der Waals surface area contributed by atoms with Crippen molar-refractivity contribution in [2.45, 2.75) is 19.0 Å². The SMILES string of the molecule is COCCn1ncc(Br)c1C(NN)C1CCOC1. The second kappa shape index (κ2) is 6.63. The van der Waals surface area contributed by atoms with Crippen LogP contribution in [0.5, 0.6) is 0 Å². The van der Waals surface area contributed by atoms with Gasteiger partial charge in [-0.05, 0) is 22.4 Å². The third-order valence-corrected chi connectivity index (χ3v) is 3.86. The topological polar surface area (TPSA) is 74.3 Å². The van der Waals surface area contributed by atoms with Gasteiger partial charge in [-0.15, -0.1) is 0 Å². The quantitative estimate of drug-likeness (QED) is 0.600. The molecule has 0 aliphatic carbocycles. The number of halogens is 1. The molecule has 102 valence electrons. The van der Waals surface area contributed by atoms with Gasteiger partial charge in [-0.1, -0.05) is 0 Å². The molecule has 6 nitrogen and oxygen atoms in total. The molecular weight excluding hydrogens is 300 g/mol. The Labute approximate surface area is 115 Å². The Morgan fingerprint density at radius 1 is 1.78 bits per heavy atom. The van der Waals surface area contributed by atoms with E-state index in [1.807, 2.05) is 4.68 Å². The maximum absolute atomic E-state index is 5.71. The van der Waals surface area contributed by atoms with Crippen molar-refractivity contribution in [3.8, 4) is 0 Å². The summed E-state index contributed by atoms with van der Waals surface area (Å²) in [6.07, 6.45) is 2.81. The Hall–Kier alpha value is -0.470. The first kappa shape index (κ1) is 14.0. The van der Waals surface area contributed by atoms with Crippen molar-refractivity contribution < 1.29 is 9.47 Å². The van der Waals surface area contributed by atoms with Crippen molar-refractivity contribution in [2.75, 3.05) is 26.9 Å². The van der Waals surface area contributed by atoms with Gasteiger partial charge in [0.05, 0.1) is 42.2 Å². The van der Waals surface area contributed by atoms with Crippen LogP contribution in [0.3, 0.4) is 0 Å². The van der Waals surface area contributed by atoms with Crippen LogP contribution in [-0.4, -0.2) is 36.7 Å². The normalized spacial score (nSPS) is 21.4. The van der Waals surface area contributed by atoms with E-state index in [1.165, 1.54) is 0 Å². The summed E-state index contributed by atoms with van der Waals surface area (Å²) in [5, 5.41) is 4.35. The highest BCUT2D eigenvalue weighted by Gasteiger charge is 2.30. The fraction of sp³-hybridized carbons (Fsp3) is 0.727. The molecule has 0 bridgehead atoms. The highest BCUT2D eigenvalue weighted by Crippen LogP contribution is 2.32. The summed E-state index contributed by atoms with van der Waals surface area (Å²) in [5.41, 5.74) is 3.95. The van der Waals surface area contributed by atoms with E-state index in [9.17, 15) is 0 Å². The van der Waals surface area contributed by atoms with Gasteiger partial charge in [-0.25, -0.2) is 0 Å². The van der Waals surface area contributed by atoms with Gasteiger partial charge in [0.15, 0.2) is 0 Å². The highest BCUT2D eigenvalue weighted by atomic mass is 79.9. The van der Waals surface area contributed by atoms with E-state index in [-0.39, 0.29) is 6.04 Å². The van der Waals surface area contributed by atoms with Crippen LogP contribution in [0.2, 0.25) is 0 Å². The van der Waals surface area contributed by atoms with Crippen LogP contribution in [0.15, 0.2) is 10.7 Å². The average molecular weight is 319 g/mol. The molecule has 7 heteroatoms. The molecule has 0 spiro atoms. The van der Waals surface area contributed by atoms with Gasteiger partial charge in [-0.3, -0.25) is 16.0 Å². The molecule has 1 aromatic heterocycles. The fourth-order valence-electron chi connectivity index (χ4n) is 2.29. The van der Waals surface area contributed by atoms with Crippen LogP contribution in [0.4, 0.5) is 0 Å². The molecule has 2 atom stereocenters. The molecule has 3 N–H and O–H groups in total. The van der Waals surface area contributed by atoms with Gasteiger partial charge < -0.3 is 9.47 Å². The summed E-state index contributed by atoms with van der Waals surface area (Å²) in [6.45, 7) is 2.87. The predicted octanol–water partition coefficient (Wildman–Crippen LogP) is 0.833. The van der Waals surface area contributed by atoms with Gasteiger partial charge in [0.1, 0.15) is 0 Å². The molecule has 0 aromatic carbocycles. The van der Waals surface area contributed by atoms with Crippen molar-refractivity contribution >= 4 is 15.9 Å². The number of rotatable bonds is 6. The third kappa shape index (κ3) is 2.92. The third-order valence-electron chi connectivity index (χ3n) is 3.25. The van der Waals surface area contributed by atoms with E-state index >= 15 is 0 Å². The molecule has 2 rings (SSSR count). The average Bonchev–Trinajstić information content (AvgIpc) is 3.00. The highest BCUT2D eigenvalue weighted by molar-refractivity contribution is 9.10. The van der Waals surface area contributed by atoms with Gasteiger partial charge in [0.2, 0.25) is 0 Å². The van der Waals surface area contributed by atoms with Crippen LogP contribution < -0.4 is 11.3 Å². The van der Waals surface area contributed by atoms with Gasteiger partial charge in [0, 0.05) is 19.6 Å². The maximum atomic E-state index is 5.71. The summed E-state index contributed by atoms with van der Waals surface area (Å²) >= 11 is 3.54. The smallest absolute Gasteiger partial charge is 0.0713 e. The Morgan fingerprint density at radius 2 is 2.61 bits per heavy atom. The zero-order valence-corrected chi connectivity index (χ0v) is 12.0. The molecule has 18 heavy (non-hydrogen) atoms. The van der Waals surface area contributed by atoms with Crippen LogP contribution in [0.1, 0.15) is 18.2 Å². The van der Waals surface area contributed by atoms with Crippen LogP contribution in [0.25, 0.3) is 0 Å². The molecule has 0 saturated carbocycles. The summed E-state index contributed by atoms with van der Waals surface area (Å²) in [7, 11) is 1.68. The van der Waals surface area contributed by atoms with E-state index in [2.05, 4.69) is 26.5 Å². The molecule has 2 heterocycles. The van der Waals surface area contributed by atoms with E-state index < -0.39 is 0 Å². The summed E-state index contributed by atoms with van der Waals surface area (Å²) in [5.74, 6) is 6.09. The molecule has 2 unspecified atom stereocenters. The largest absolute Gasteiger partial charge is 0.383 e. The Bertz CT molecular complexity index is 379. The summed E-state index contributed by atoms with van der Waals surface area (Å²) in [6, 6.07) is 0.0428. The monoisotopic (exact) mass is 318 g/mol. The molecule has 1 fully saturated rings. The van der Waals surface area contributed by atoms with Gasteiger partial charge >= 0.3 is 0 Å². The van der Waals surface area contributed by atoms with Crippen LogP contribution in [0, 0.1) is 5.92 Å². The molecule has 1 aromatic rings. The number of methoxy groups -OCH3 is 1. The predicted molar refractivity (Wildman–Crippen MR) is 70.8 cm³/mol. The fourth-order valence-corrected chi connectivity index (χ4v) is 2.83. The van der Waals surface area contributed by atoms with Crippen molar-refractivity contribution in [1.82, 2.24) is 15.2 Å². The number of aromatic nitrogens is 2. The van der Waals surface area contributed by atoms with Crippen LogP contribution >= 0.6 is 15.9 Å². The lowest BCUT2D eigenvalue weighted by Crippen LogP contribution is -2.36. The maximum Gasteiger partial charge on any atom is 0.0713 e. The van der Waals surface area contributed by atoms with Crippen molar-refractivity contribution in [3.05, 3.63) is 16.4 Å². The zero-order valence-electron chi connectivity index (χ0n) is 10.4. The Kier molecular flexibility index (Phi) is 5.13. The minimum absolute atomic E-state index is 0.0428. The second-order valence-electron chi connectivity index (χ2n) is 4.36. The first-order valence-corrected chi connectivity index (χ1v) is 6.81. The van der Waals surface area contributed by atoms with Crippen LogP contribution in [-0.2, 0) is 16.0 Å². The Balaban J connectivity index is 2.20. The number of nitrogens with zero attached hydrogens (tertiary/aromatic N) is 2. The van der Waals surface area contributed by atoms with Crippen molar-refractivity contribution in [1.29, 1.82) is 0 Å². The number of ether oxygens (including phenoxy) is 2. The zero-order chi connectivity index (χ0) is 13.0. The van der Waals surface area contributed by atoms with Gasteiger partial charge in [0.25, 0.3) is 0 Å². The van der Waals surface area contributed by atoms with E-state index in [1.54, 1.807) is 13.3 Å². The first-order valence-electron chi connectivity index (χ1n) is 6.02. The summed E-state index contributed by atoms with van der Waals surface area (Å²) in [4.78, 5) is 0. The molecule has 0 amide bonds.